The van der Waals surface area contributed by atoms with Crippen molar-refractivity contribution in [2.75, 3.05) is 36.0 Å². The first-order chi connectivity index (χ1) is 9.88. The van der Waals surface area contributed by atoms with Gasteiger partial charge in [0.1, 0.15) is 0 Å². The second kappa shape index (κ2) is 6.09. The molecule has 1 aliphatic heterocycles. The van der Waals surface area contributed by atoms with Crippen molar-refractivity contribution in [3.63, 3.8) is 0 Å². The van der Waals surface area contributed by atoms with Crippen LogP contribution < -0.4 is 9.80 Å². The molecular formula is C15H17ClN4. The fourth-order valence-corrected chi connectivity index (χ4v) is 2.76. The van der Waals surface area contributed by atoms with E-state index in [1.807, 2.05) is 12.1 Å². The van der Waals surface area contributed by atoms with Gasteiger partial charge in [-0.3, -0.25) is 0 Å². The Bertz CT molecular complexity index is 553. The molecule has 1 fully saturated rings. The van der Waals surface area contributed by atoms with Crippen LogP contribution in [-0.2, 0) is 5.88 Å². The SMILES string of the molecule is ClCc1ccccc1N1CCN(c2ncccn2)CC1. The summed E-state index contributed by atoms with van der Waals surface area (Å²) >= 11 is 6.02. The summed E-state index contributed by atoms with van der Waals surface area (Å²) in [4.78, 5) is 13.2. The summed E-state index contributed by atoms with van der Waals surface area (Å²) in [6.07, 6.45) is 3.58. The minimum Gasteiger partial charge on any atom is -0.368 e. The first-order valence-electron chi connectivity index (χ1n) is 6.79. The summed E-state index contributed by atoms with van der Waals surface area (Å²) < 4.78 is 0. The predicted octanol–water partition coefficient (Wildman–Crippen LogP) is 2.54. The Hall–Kier alpha value is -1.81. The Morgan fingerprint density at radius 1 is 0.900 bits per heavy atom. The topological polar surface area (TPSA) is 32.3 Å². The van der Waals surface area contributed by atoms with Gasteiger partial charge in [0.2, 0.25) is 5.95 Å². The number of hydrogen-bond donors (Lipinski definition) is 0. The average molecular weight is 289 g/mol. The summed E-state index contributed by atoms with van der Waals surface area (Å²) in [6.45, 7) is 3.79. The van der Waals surface area contributed by atoms with Crippen LogP contribution >= 0.6 is 11.6 Å². The maximum absolute atomic E-state index is 6.02. The van der Waals surface area contributed by atoms with Gasteiger partial charge in [-0.25, -0.2) is 9.97 Å². The van der Waals surface area contributed by atoms with Crippen LogP contribution in [0.1, 0.15) is 5.56 Å². The monoisotopic (exact) mass is 288 g/mol. The number of aromatic nitrogens is 2. The molecule has 0 unspecified atom stereocenters. The van der Waals surface area contributed by atoms with Gasteiger partial charge in [-0.2, -0.15) is 0 Å². The van der Waals surface area contributed by atoms with E-state index in [9.17, 15) is 0 Å². The Morgan fingerprint density at radius 3 is 2.25 bits per heavy atom. The van der Waals surface area contributed by atoms with Gasteiger partial charge in [0, 0.05) is 50.1 Å². The maximum Gasteiger partial charge on any atom is 0.225 e. The van der Waals surface area contributed by atoms with Crippen LogP contribution in [0.15, 0.2) is 42.7 Å². The normalized spacial score (nSPS) is 15.4. The van der Waals surface area contributed by atoms with Gasteiger partial charge in [0.25, 0.3) is 0 Å². The van der Waals surface area contributed by atoms with Crippen LogP contribution in [0.2, 0.25) is 0 Å². The van der Waals surface area contributed by atoms with E-state index in [0.29, 0.717) is 5.88 Å². The van der Waals surface area contributed by atoms with Crippen LogP contribution in [0, 0.1) is 0 Å². The molecule has 4 nitrogen and oxygen atoms in total. The zero-order chi connectivity index (χ0) is 13.8. The van der Waals surface area contributed by atoms with E-state index in [2.05, 4.69) is 38.0 Å². The number of piperazine rings is 1. The summed E-state index contributed by atoms with van der Waals surface area (Å²) in [5.41, 5.74) is 2.44. The summed E-state index contributed by atoms with van der Waals surface area (Å²) in [5.74, 6) is 1.37. The fraction of sp³-hybridized carbons (Fsp3) is 0.333. The van der Waals surface area contributed by atoms with Crippen molar-refractivity contribution >= 4 is 23.2 Å². The highest BCUT2D eigenvalue weighted by Gasteiger charge is 2.20. The predicted molar refractivity (Wildman–Crippen MR) is 82.5 cm³/mol. The second-order valence-electron chi connectivity index (χ2n) is 4.79. The molecule has 1 saturated heterocycles. The van der Waals surface area contributed by atoms with E-state index in [0.717, 1.165) is 32.1 Å². The van der Waals surface area contributed by atoms with E-state index < -0.39 is 0 Å². The van der Waals surface area contributed by atoms with Gasteiger partial charge in [0.05, 0.1) is 0 Å². The third-order valence-electron chi connectivity index (χ3n) is 3.59. The third-order valence-corrected chi connectivity index (χ3v) is 3.88. The number of anilines is 2. The fourth-order valence-electron chi connectivity index (χ4n) is 2.53. The highest BCUT2D eigenvalue weighted by molar-refractivity contribution is 6.17. The second-order valence-corrected chi connectivity index (χ2v) is 5.05. The summed E-state index contributed by atoms with van der Waals surface area (Å²) in [6, 6.07) is 10.2. The lowest BCUT2D eigenvalue weighted by atomic mass is 10.1. The molecule has 3 rings (SSSR count). The lowest BCUT2D eigenvalue weighted by Gasteiger charge is -2.36. The van der Waals surface area contributed by atoms with Crippen molar-refractivity contribution in [3.05, 3.63) is 48.3 Å². The van der Waals surface area contributed by atoms with E-state index in [1.165, 1.54) is 11.3 Å². The molecule has 1 aromatic carbocycles. The number of rotatable bonds is 3. The van der Waals surface area contributed by atoms with Gasteiger partial charge in [-0.05, 0) is 17.7 Å². The smallest absolute Gasteiger partial charge is 0.225 e. The van der Waals surface area contributed by atoms with Crippen LogP contribution in [0.4, 0.5) is 11.6 Å². The van der Waals surface area contributed by atoms with Crippen LogP contribution in [0.3, 0.4) is 0 Å². The van der Waals surface area contributed by atoms with E-state index in [-0.39, 0.29) is 0 Å². The van der Waals surface area contributed by atoms with Crippen LogP contribution in [0.5, 0.6) is 0 Å². The van der Waals surface area contributed by atoms with Gasteiger partial charge in [0.15, 0.2) is 0 Å². The Morgan fingerprint density at radius 2 is 1.55 bits per heavy atom. The van der Waals surface area contributed by atoms with Crippen molar-refractivity contribution in [1.29, 1.82) is 0 Å². The molecular weight excluding hydrogens is 272 g/mol. The number of para-hydroxylation sites is 1. The Labute approximate surface area is 124 Å². The Balaban J connectivity index is 1.70. The number of halogens is 1. The number of alkyl halides is 1. The molecule has 20 heavy (non-hydrogen) atoms. The molecule has 0 aliphatic carbocycles. The lowest BCUT2D eigenvalue weighted by Crippen LogP contribution is -2.47. The standard InChI is InChI=1S/C15H17ClN4/c16-12-13-4-1-2-5-14(13)19-8-10-20(11-9-19)15-17-6-3-7-18-15/h1-7H,8-12H2. The molecule has 0 radical (unpaired) electrons. The van der Waals surface area contributed by atoms with Crippen molar-refractivity contribution in [1.82, 2.24) is 9.97 Å². The molecule has 104 valence electrons. The molecule has 0 spiro atoms. The summed E-state index contributed by atoms with van der Waals surface area (Å²) in [5, 5.41) is 0. The zero-order valence-electron chi connectivity index (χ0n) is 11.2. The Kier molecular flexibility index (Phi) is 4.02. The van der Waals surface area contributed by atoms with Crippen molar-refractivity contribution in [2.24, 2.45) is 0 Å². The molecule has 0 amide bonds. The molecule has 1 aliphatic rings. The number of benzene rings is 1. The van der Waals surface area contributed by atoms with Gasteiger partial charge < -0.3 is 9.80 Å². The maximum atomic E-state index is 6.02. The molecule has 5 heteroatoms. The molecule has 0 atom stereocenters. The molecule has 1 aromatic heterocycles. The molecule has 0 saturated carbocycles. The van der Waals surface area contributed by atoms with Gasteiger partial charge >= 0.3 is 0 Å². The number of nitrogens with zero attached hydrogens (tertiary/aromatic N) is 4. The minimum atomic E-state index is 0.554. The van der Waals surface area contributed by atoms with E-state index in [1.54, 1.807) is 12.4 Å². The van der Waals surface area contributed by atoms with Crippen molar-refractivity contribution in [3.8, 4) is 0 Å². The zero-order valence-corrected chi connectivity index (χ0v) is 12.0. The van der Waals surface area contributed by atoms with Crippen molar-refractivity contribution < 1.29 is 0 Å². The largest absolute Gasteiger partial charge is 0.368 e. The first-order valence-corrected chi connectivity index (χ1v) is 7.33. The van der Waals surface area contributed by atoms with Crippen LogP contribution in [0.25, 0.3) is 0 Å². The lowest BCUT2D eigenvalue weighted by molar-refractivity contribution is 0.639. The van der Waals surface area contributed by atoms with E-state index in [4.69, 9.17) is 11.6 Å². The molecule has 0 bridgehead atoms. The molecule has 2 heterocycles. The minimum absolute atomic E-state index is 0.554. The van der Waals surface area contributed by atoms with Crippen LogP contribution in [-0.4, -0.2) is 36.1 Å². The highest BCUT2D eigenvalue weighted by atomic mass is 35.5. The highest BCUT2D eigenvalue weighted by Crippen LogP contribution is 2.23. The number of hydrogen-bond acceptors (Lipinski definition) is 4. The van der Waals surface area contributed by atoms with Crippen molar-refractivity contribution in [2.45, 2.75) is 5.88 Å². The van der Waals surface area contributed by atoms with E-state index >= 15 is 0 Å². The quantitative estimate of drug-likeness (QED) is 0.813. The van der Waals surface area contributed by atoms with Gasteiger partial charge in [-0.1, -0.05) is 18.2 Å². The van der Waals surface area contributed by atoms with Gasteiger partial charge in [-0.15, -0.1) is 11.6 Å². The average Bonchev–Trinajstić information content (AvgIpc) is 2.56. The first kappa shape index (κ1) is 13.2. The molecule has 0 N–H and O–H groups in total. The third kappa shape index (κ3) is 2.70. The molecule has 2 aromatic rings. The summed E-state index contributed by atoms with van der Waals surface area (Å²) in [7, 11) is 0.